The zero-order valence-electron chi connectivity index (χ0n) is 15.6. The van der Waals surface area contributed by atoms with Gasteiger partial charge in [-0.2, -0.15) is 0 Å². The summed E-state index contributed by atoms with van der Waals surface area (Å²) in [5.74, 6) is 0.822. The van der Waals surface area contributed by atoms with Crippen LogP contribution in [0.25, 0.3) is 11.1 Å². The molecule has 2 aromatic rings. The lowest BCUT2D eigenvalue weighted by Gasteiger charge is -2.33. The minimum atomic E-state index is -0.705. The van der Waals surface area contributed by atoms with Crippen LogP contribution in [0.2, 0.25) is 0 Å². The van der Waals surface area contributed by atoms with Crippen LogP contribution in [0.15, 0.2) is 48.5 Å². The molecular formula is C22H28N2O2. The van der Waals surface area contributed by atoms with Crippen LogP contribution in [0.1, 0.15) is 50.6 Å². The molecule has 0 radical (unpaired) electrons. The molecule has 4 nitrogen and oxygen atoms in total. The van der Waals surface area contributed by atoms with Crippen molar-refractivity contribution in [2.75, 3.05) is 7.11 Å². The second-order valence-corrected chi connectivity index (χ2v) is 7.23. The van der Waals surface area contributed by atoms with Crippen molar-refractivity contribution in [1.29, 1.82) is 0 Å². The number of methoxy groups -OCH3 is 1. The predicted molar refractivity (Wildman–Crippen MR) is 105 cm³/mol. The Balaban J connectivity index is 1.71. The van der Waals surface area contributed by atoms with E-state index in [-0.39, 0.29) is 11.9 Å². The van der Waals surface area contributed by atoms with Crippen LogP contribution >= 0.6 is 0 Å². The Bertz CT molecular complexity index is 749. The smallest absolute Gasteiger partial charge is 0.240 e. The van der Waals surface area contributed by atoms with Crippen LogP contribution in [0, 0.1) is 0 Å². The van der Waals surface area contributed by atoms with Crippen molar-refractivity contribution in [2.45, 2.75) is 50.6 Å². The van der Waals surface area contributed by atoms with Gasteiger partial charge in [-0.3, -0.25) is 4.79 Å². The van der Waals surface area contributed by atoms with Crippen LogP contribution in [-0.4, -0.2) is 18.6 Å². The highest BCUT2D eigenvalue weighted by molar-refractivity contribution is 5.86. The number of hydrogen-bond donors (Lipinski definition) is 2. The Morgan fingerprint density at radius 1 is 1.08 bits per heavy atom. The molecule has 0 heterocycles. The average molecular weight is 352 g/mol. The number of carbonyl (C=O) groups is 1. The van der Waals surface area contributed by atoms with Crippen molar-refractivity contribution >= 4 is 5.91 Å². The fraction of sp³-hybridized carbons (Fsp3) is 0.409. The monoisotopic (exact) mass is 352 g/mol. The molecule has 3 rings (SSSR count). The molecule has 0 bridgehead atoms. The minimum Gasteiger partial charge on any atom is -0.496 e. The first-order valence-electron chi connectivity index (χ1n) is 9.37. The van der Waals surface area contributed by atoms with E-state index in [0.29, 0.717) is 0 Å². The van der Waals surface area contributed by atoms with E-state index in [1.54, 1.807) is 7.11 Å². The summed E-state index contributed by atoms with van der Waals surface area (Å²) >= 11 is 0. The van der Waals surface area contributed by atoms with Gasteiger partial charge in [-0.15, -0.1) is 0 Å². The first-order chi connectivity index (χ1) is 12.5. The zero-order valence-corrected chi connectivity index (χ0v) is 15.6. The Hall–Kier alpha value is -2.33. The minimum absolute atomic E-state index is 0.0292. The van der Waals surface area contributed by atoms with Crippen LogP contribution < -0.4 is 15.8 Å². The molecule has 1 fully saturated rings. The fourth-order valence-electron chi connectivity index (χ4n) is 3.67. The summed E-state index contributed by atoms with van der Waals surface area (Å²) in [7, 11) is 1.68. The molecule has 1 unspecified atom stereocenters. The molecular weight excluding hydrogens is 324 g/mol. The van der Waals surface area contributed by atoms with E-state index in [0.717, 1.165) is 48.1 Å². The number of benzene rings is 2. The van der Waals surface area contributed by atoms with Gasteiger partial charge in [0, 0.05) is 5.56 Å². The van der Waals surface area contributed by atoms with Crippen molar-refractivity contribution in [3.8, 4) is 16.9 Å². The van der Waals surface area contributed by atoms with Gasteiger partial charge in [0.2, 0.25) is 5.91 Å². The third-order valence-electron chi connectivity index (χ3n) is 5.37. The third-order valence-corrected chi connectivity index (χ3v) is 5.37. The Morgan fingerprint density at radius 2 is 1.73 bits per heavy atom. The number of rotatable bonds is 5. The number of carbonyl (C=O) groups excluding carboxylic acids is 1. The van der Waals surface area contributed by atoms with Crippen LogP contribution in [0.5, 0.6) is 5.75 Å². The van der Waals surface area contributed by atoms with Crippen molar-refractivity contribution in [3.05, 3.63) is 54.1 Å². The van der Waals surface area contributed by atoms with Crippen molar-refractivity contribution in [1.82, 2.24) is 5.32 Å². The van der Waals surface area contributed by atoms with Crippen molar-refractivity contribution < 1.29 is 9.53 Å². The highest BCUT2D eigenvalue weighted by Gasteiger charge is 2.35. The zero-order chi connectivity index (χ0) is 18.6. The maximum absolute atomic E-state index is 12.6. The van der Waals surface area contributed by atoms with Crippen molar-refractivity contribution in [2.24, 2.45) is 5.73 Å². The van der Waals surface area contributed by atoms with Gasteiger partial charge in [0.15, 0.2) is 0 Å². The number of para-hydroxylation sites is 1. The number of hydrogen-bond acceptors (Lipinski definition) is 3. The molecule has 1 amide bonds. The van der Waals surface area contributed by atoms with Gasteiger partial charge in [-0.05, 0) is 37.0 Å². The fourth-order valence-corrected chi connectivity index (χ4v) is 3.67. The molecule has 26 heavy (non-hydrogen) atoms. The normalized spacial score (nSPS) is 17.3. The van der Waals surface area contributed by atoms with E-state index in [4.69, 9.17) is 10.5 Å². The van der Waals surface area contributed by atoms with Gasteiger partial charge in [-0.25, -0.2) is 0 Å². The van der Waals surface area contributed by atoms with Crippen LogP contribution in [0.4, 0.5) is 0 Å². The lowest BCUT2D eigenvalue weighted by molar-refractivity contribution is -0.128. The van der Waals surface area contributed by atoms with Gasteiger partial charge in [0.05, 0.1) is 18.7 Å². The van der Waals surface area contributed by atoms with Gasteiger partial charge >= 0.3 is 0 Å². The molecule has 3 N–H and O–H groups in total. The number of ether oxygens (including phenoxy) is 1. The van der Waals surface area contributed by atoms with E-state index in [1.807, 2.05) is 31.2 Å². The molecule has 0 spiro atoms. The number of nitrogens with one attached hydrogen (secondary N) is 1. The van der Waals surface area contributed by atoms with E-state index in [1.165, 1.54) is 6.42 Å². The lowest BCUT2D eigenvalue weighted by atomic mass is 9.81. The summed E-state index contributed by atoms with van der Waals surface area (Å²) in [6.45, 7) is 2.00. The highest BCUT2D eigenvalue weighted by atomic mass is 16.5. The quantitative estimate of drug-likeness (QED) is 0.847. The maximum atomic E-state index is 12.6. The molecule has 1 atom stereocenters. The molecule has 0 aromatic heterocycles. The van der Waals surface area contributed by atoms with Crippen LogP contribution in [-0.2, 0) is 4.79 Å². The molecule has 2 aromatic carbocycles. The van der Waals surface area contributed by atoms with Crippen molar-refractivity contribution in [3.63, 3.8) is 0 Å². The average Bonchev–Trinajstić information content (AvgIpc) is 2.68. The Labute approximate surface area is 155 Å². The van der Waals surface area contributed by atoms with E-state index >= 15 is 0 Å². The second kappa shape index (κ2) is 7.92. The van der Waals surface area contributed by atoms with E-state index in [9.17, 15) is 4.79 Å². The summed E-state index contributed by atoms with van der Waals surface area (Å²) in [6, 6.07) is 16.1. The predicted octanol–water partition coefficient (Wildman–Crippen LogP) is 4.20. The SMILES string of the molecule is COc1ccccc1-c1ccc(C(C)NC(=O)C2(N)CCCCC2)cc1. The topological polar surface area (TPSA) is 64.3 Å². The van der Waals surface area contributed by atoms with E-state index in [2.05, 4.69) is 29.6 Å². The molecule has 0 saturated heterocycles. The summed E-state index contributed by atoms with van der Waals surface area (Å²) < 4.78 is 5.44. The summed E-state index contributed by atoms with van der Waals surface area (Å²) in [5, 5.41) is 3.10. The lowest BCUT2D eigenvalue weighted by Crippen LogP contribution is -2.55. The molecule has 4 heteroatoms. The van der Waals surface area contributed by atoms with E-state index < -0.39 is 5.54 Å². The highest BCUT2D eigenvalue weighted by Crippen LogP contribution is 2.31. The standard InChI is InChI=1S/C22H28N2O2/c1-16(24-21(25)22(23)14-6-3-7-15-22)17-10-12-18(13-11-17)19-8-4-5-9-20(19)26-2/h4-5,8-13,16H,3,6-7,14-15,23H2,1-2H3,(H,24,25). The summed E-state index contributed by atoms with van der Waals surface area (Å²) in [4.78, 5) is 12.6. The first kappa shape index (κ1) is 18.5. The van der Waals surface area contributed by atoms with Gasteiger partial charge in [-0.1, -0.05) is 61.7 Å². The molecule has 1 saturated carbocycles. The second-order valence-electron chi connectivity index (χ2n) is 7.23. The third kappa shape index (κ3) is 3.91. The number of nitrogens with two attached hydrogens (primary N) is 1. The number of amides is 1. The summed E-state index contributed by atoms with van der Waals surface area (Å²) in [5.41, 5.74) is 8.84. The Kier molecular flexibility index (Phi) is 5.62. The molecule has 1 aliphatic rings. The van der Waals surface area contributed by atoms with Gasteiger partial charge < -0.3 is 15.8 Å². The first-order valence-corrected chi connectivity index (χ1v) is 9.37. The maximum Gasteiger partial charge on any atom is 0.240 e. The summed E-state index contributed by atoms with van der Waals surface area (Å²) in [6.07, 6.45) is 4.79. The molecule has 138 valence electrons. The molecule has 0 aliphatic heterocycles. The van der Waals surface area contributed by atoms with Gasteiger partial charge in [0.25, 0.3) is 0 Å². The molecule has 1 aliphatic carbocycles. The van der Waals surface area contributed by atoms with Crippen LogP contribution in [0.3, 0.4) is 0 Å². The Morgan fingerprint density at radius 3 is 2.38 bits per heavy atom. The largest absolute Gasteiger partial charge is 0.496 e. The van der Waals surface area contributed by atoms with Gasteiger partial charge in [0.1, 0.15) is 5.75 Å².